The monoisotopic (exact) mass is 293 g/mol. The van der Waals surface area contributed by atoms with Gasteiger partial charge in [-0.1, -0.05) is 31.2 Å². The predicted octanol–water partition coefficient (Wildman–Crippen LogP) is 4.31. The molecule has 0 aliphatic rings. The van der Waals surface area contributed by atoms with Crippen molar-refractivity contribution in [1.29, 1.82) is 0 Å². The van der Waals surface area contributed by atoms with Gasteiger partial charge < -0.3 is 5.32 Å². The van der Waals surface area contributed by atoms with Gasteiger partial charge in [-0.25, -0.2) is 13.2 Å². The van der Waals surface area contributed by atoms with Crippen molar-refractivity contribution >= 4 is 0 Å². The van der Waals surface area contributed by atoms with Gasteiger partial charge in [0.05, 0.1) is 0 Å². The molecule has 0 fully saturated rings. The maximum atomic E-state index is 13.7. The number of hydrogen-bond acceptors (Lipinski definition) is 1. The van der Waals surface area contributed by atoms with Crippen LogP contribution < -0.4 is 5.32 Å². The first-order chi connectivity index (χ1) is 10.0. The van der Waals surface area contributed by atoms with Crippen LogP contribution in [-0.2, 0) is 6.42 Å². The lowest BCUT2D eigenvalue weighted by Crippen LogP contribution is -2.27. The zero-order valence-electron chi connectivity index (χ0n) is 12.1. The molecule has 1 atom stereocenters. The van der Waals surface area contributed by atoms with Gasteiger partial charge in [-0.15, -0.1) is 0 Å². The van der Waals surface area contributed by atoms with Gasteiger partial charge in [-0.05, 0) is 37.1 Å². The minimum Gasteiger partial charge on any atom is -0.314 e. The summed E-state index contributed by atoms with van der Waals surface area (Å²) in [6, 6.07) is 9.02. The molecule has 0 heterocycles. The van der Waals surface area contributed by atoms with E-state index in [-0.39, 0.29) is 5.56 Å². The molecule has 1 unspecified atom stereocenters. The second-order valence-corrected chi connectivity index (χ2v) is 5.11. The van der Waals surface area contributed by atoms with Gasteiger partial charge in [0.25, 0.3) is 0 Å². The van der Waals surface area contributed by atoms with Crippen molar-refractivity contribution in [1.82, 2.24) is 5.32 Å². The molecule has 0 spiro atoms. The van der Waals surface area contributed by atoms with Crippen molar-refractivity contribution in [3.63, 3.8) is 0 Å². The highest BCUT2D eigenvalue weighted by Gasteiger charge is 2.11. The highest BCUT2D eigenvalue weighted by Crippen LogP contribution is 2.25. The number of halogens is 3. The molecule has 0 aliphatic carbocycles. The lowest BCUT2D eigenvalue weighted by Gasteiger charge is -2.12. The molecular formula is C17H18F3N. The van der Waals surface area contributed by atoms with Crippen LogP contribution in [0.5, 0.6) is 0 Å². The van der Waals surface area contributed by atoms with E-state index in [1.165, 1.54) is 0 Å². The van der Waals surface area contributed by atoms with Crippen LogP contribution in [0.1, 0.15) is 19.4 Å². The van der Waals surface area contributed by atoms with E-state index in [2.05, 4.69) is 12.2 Å². The zero-order valence-corrected chi connectivity index (χ0v) is 12.1. The Morgan fingerprint density at radius 1 is 0.952 bits per heavy atom. The van der Waals surface area contributed by atoms with E-state index in [0.717, 1.165) is 24.6 Å². The Hall–Kier alpha value is -1.81. The summed E-state index contributed by atoms with van der Waals surface area (Å²) in [7, 11) is 0. The molecule has 0 radical (unpaired) electrons. The number of likely N-dealkylation sites (N-methyl/N-ethyl adjacent to an activating group) is 1. The maximum Gasteiger partial charge on any atom is 0.161 e. The summed E-state index contributed by atoms with van der Waals surface area (Å²) in [6.45, 7) is 5.04. The molecule has 0 bridgehead atoms. The minimum atomic E-state index is -1.17. The Balaban J connectivity index is 2.21. The average Bonchev–Trinajstić information content (AvgIpc) is 2.44. The van der Waals surface area contributed by atoms with Crippen LogP contribution in [0.2, 0.25) is 0 Å². The number of hydrogen-bond donors (Lipinski definition) is 1. The van der Waals surface area contributed by atoms with Gasteiger partial charge in [0.1, 0.15) is 5.82 Å². The Morgan fingerprint density at radius 2 is 1.57 bits per heavy atom. The highest BCUT2D eigenvalue weighted by atomic mass is 19.2. The van der Waals surface area contributed by atoms with Gasteiger partial charge >= 0.3 is 0 Å². The number of benzene rings is 2. The molecule has 0 aliphatic heterocycles. The van der Waals surface area contributed by atoms with E-state index in [0.29, 0.717) is 17.7 Å². The van der Waals surface area contributed by atoms with Crippen LogP contribution in [0.15, 0.2) is 36.4 Å². The van der Waals surface area contributed by atoms with Crippen molar-refractivity contribution in [2.24, 2.45) is 0 Å². The van der Waals surface area contributed by atoms with Gasteiger partial charge in [0.15, 0.2) is 11.6 Å². The van der Waals surface area contributed by atoms with Crippen molar-refractivity contribution < 1.29 is 13.2 Å². The summed E-state index contributed by atoms with van der Waals surface area (Å²) in [6.07, 6.45) is 0.856. The minimum absolute atomic E-state index is 0.0696. The van der Waals surface area contributed by atoms with Crippen LogP contribution in [0.4, 0.5) is 13.2 Å². The summed E-state index contributed by atoms with van der Waals surface area (Å²) in [5, 5.41) is 3.31. The molecule has 21 heavy (non-hydrogen) atoms. The molecule has 0 saturated heterocycles. The van der Waals surface area contributed by atoms with Crippen molar-refractivity contribution in [2.75, 3.05) is 6.54 Å². The molecule has 2 aromatic carbocycles. The van der Waals surface area contributed by atoms with Crippen LogP contribution >= 0.6 is 0 Å². The summed E-state index contributed by atoms with van der Waals surface area (Å²) >= 11 is 0. The molecule has 2 aromatic rings. The smallest absolute Gasteiger partial charge is 0.161 e. The standard InChI is InChI=1S/C17H18F3N/c1-3-21-11(2)8-12-4-6-13(7-5-12)14-9-16(19)17(20)10-15(14)18/h4-7,9-11,21H,3,8H2,1-2H3. The van der Waals surface area contributed by atoms with Gasteiger partial charge in [-0.2, -0.15) is 0 Å². The molecule has 1 nitrogen and oxygen atoms in total. The fraction of sp³-hybridized carbons (Fsp3) is 0.294. The van der Waals surface area contributed by atoms with Crippen molar-refractivity contribution in [2.45, 2.75) is 26.3 Å². The molecule has 4 heteroatoms. The fourth-order valence-electron chi connectivity index (χ4n) is 2.34. The molecule has 0 amide bonds. The van der Waals surface area contributed by atoms with E-state index in [4.69, 9.17) is 0 Å². The summed E-state index contributed by atoms with van der Waals surface area (Å²) < 4.78 is 39.9. The second kappa shape index (κ2) is 6.76. The van der Waals surface area contributed by atoms with Crippen molar-refractivity contribution in [3.05, 3.63) is 59.4 Å². The lowest BCUT2D eigenvalue weighted by molar-refractivity contribution is 0.496. The largest absolute Gasteiger partial charge is 0.314 e. The molecule has 0 saturated carbocycles. The average molecular weight is 293 g/mol. The third kappa shape index (κ3) is 3.85. The zero-order chi connectivity index (χ0) is 15.4. The third-order valence-corrected chi connectivity index (χ3v) is 3.37. The van der Waals surface area contributed by atoms with E-state index in [1.807, 2.05) is 19.1 Å². The fourth-order valence-corrected chi connectivity index (χ4v) is 2.34. The normalized spacial score (nSPS) is 12.4. The topological polar surface area (TPSA) is 12.0 Å². The number of rotatable bonds is 5. The highest BCUT2D eigenvalue weighted by molar-refractivity contribution is 5.64. The van der Waals surface area contributed by atoms with E-state index in [1.54, 1.807) is 12.1 Å². The Kier molecular flexibility index (Phi) is 5.02. The van der Waals surface area contributed by atoms with E-state index >= 15 is 0 Å². The first-order valence-corrected chi connectivity index (χ1v) is 6.98. The Morgan fingerprint density at radius 3 is 2.19 bits per heavy atom. The molecular weight excluding hydrogens is 275 g/mol. The Labute approximate surface area is 122 Å². The SMILES string of the molecule is CCNC(C)Cc1ccc(-c2cc(F)c(F)cc2F)cc1. The maximum absolute atomic E-state index is 13.7. The number of nitrogens with one attached hydrogen (secondary N) is 1. The predicted molar refractivity (Wildman–Crippen MR) is 78.6 cm³/mol. The second-order valence-electron chi connectivity index (χ2n) is 5.11. The molecule has 2 rings (SSSR count). The van der Waals surface area contributed by atoms with Gasteiger partial charge in [0, 0.05) is 17.7 Å². The molecule has 0 aromatic heterocycles. The quantitative estimate of drug-likeness (QED) is 0.810. The summed E-state index contributed by atoms with van der Waals surface area (Å²) in [5.74, 6) is -2.98. The molecule has 112 valence electrons. The van der Waals surface area contributed by atoms with Crippen LogP contribution in [0.25, 0.3) is 11.1 Å². The van der Waals surface area contributed by atoms with Crippen LogP contribution in [0, 0.1) is 17.5 Å². The van der Waals surface area contributed by atoms with E-state index < -0.39 is 17.5 Å². The third-order valence-electron chi connectivity index (χ3n) is 3.37. The van der Waals surface area contributed by atoms with Gasteiger partial charge in [0.2, 0.25) is 0 Å². The first kappa shape index (κ1) is 15.6. The van der Waals surface area contributed by atoms with Crippen LogP contribution in [0.3, 0.4) is 0 Å². The summed E-state index contributed by atoms with van der Waals surface area (Å²) in [5.41, 5.74) is 1.71. The summed E-state index contributed by atoms with van der Waals surface area (Å²) in [4.78, 5) is 0. The van der Waals surface area contributed by atoms with Crippen molar-refractivity contribution in [3.8, 4) is 11.1 Å². The van der Waals surface area contributed by atoms with E-state index in [9.17, 15) is 13.2 Å². The van der Waals surface area contributed by atoms with Gasteiger partial charge in [-0.3, -0.25) is 0 Å². The lowest BCUT2D eigenvalue weighted by atomic mass is 10.0. The molecule has 1 N–H and O–H groups in total. The van der Waals surface area contributed by atoms with Crippen LogP contribution in [-0.4, -0.2) is 12.6 Å². The Bertz CT molecular complexity index is 608. The first-order valence-electron chi connectivity index (χ1n) is 6.98.